The van der Waals surface area contributed by atoms with Crippen molar-refractivity contribution in [2.24, 2.45) is 0 Å². The van der Waals surface area contributed by atoms with Crippen LogP contribution in [0.3, 0.4) is 0 Å². The Morgan fingerprint density at radius 3 is 2.80 bits per heavy atom. The number of aromatic nitrogens is 3. The SMILES string of the molecule is COc1cc(C(=O)O)ccc1Cn1c(CN(C)C)nc2ncccc21. The van der Waals surface area contributed by atoms with Crippen LogP contribution in [-0.4, -0.2) is 51.7 Å². The molecule has 0 bridgehead atoms. The fraction of sp³-hybridized carbons (Fsp3) is 0.278. The molecule has 25 heavy (non-hydrogen) atoms. The Balaban J connectivity index is 2.06. The van der Waals surface area contributed by atoms with Crippen LogP contribution < -0.4 is 4.74 Å². The van der Waals surface area contributed by atoms with Crippen LogP contribution in [-0.2, 0) is 13.1 Å². The molecule has 2 heterocycles. The molecular weight excluding hydrogens is 320 g/mol. The van der Waals surface area contributed by atoms with Crippen molar-refractivity contribution in [2.45, 2.75) is 13.1 Å². The van der Waals surface area contributed by atoms with Crippen molar-refractivity contribution in [1.29, 1.82) is 0 Å². The topological polar surface area (TPSA) is 80.5 Å². The number of carboxylic acids is 1. The van der Waals surface area contributed by atoms with Crippen molar-refractivity contribution in [2.75, 3.05) is 21.2 Å². The number of ether oxygens (including phenoxy) is 1. The number of benzene rings is 1. The maximum atomic E-state index is 11.2. The van der Waals surface area contributed by atoms with Crippen molar-refractivity contribution < 1.29 is 14.6 Å². The molecule has 0 radical (unpaired) electrons. The molecule has 0 amide bonds. The average Bonchev–Trinajstić information content (AvgIpc) is 2.91. The third-order valence-corrected chi connectivity index (χ3v) is 3.92. The number of hydrogen-bond donors (Lipinski definition) is 1. The van der Waals surface area contributed by atoms with E-state index in [4.69, 9.17) is 9.84 Å². The van der Waals surface area contributed by atoms with Crippen molar-refractivity contribution in [3.63, 3.8) is 0 Å². The zero-order valence-corrected chi connectivity index (χ0v) is 14.4. The van der Waals surface area contributed by atoms with Gasteiger partial charge in [0.15, 0.2) is 5.65 Å². The Morgan fingerprint density at radius 2 is 2.12 bits per heavy atom. The highest BCUT2D eigenvalue weighted by Crippen LogP contribution is 2.24. The van der Waals surface area contributed by atoms with Crippen LogP contribution in [0, 0.1) is 0 Å². The largest absolute Gasteiger partial charge is 0.496 e. The summed E-state index contributed by atoms with van der Waals surface area (Å²) in [5, 5.41) is 9.15. The van der Waals surface area contributed by atoms with Crippen molar-refractivity contribution >= 4 is 17.1 Å². The molecule has 0 aliphatic rings. The third-order valence-electron chi connectivity index (χ3n) is 3.92. The van der Waals surface area contributed by atoms with Crippen LogP contribution in [0.15, 0.2) is 36.5 Å². The Kier molecular flexibility index (Phi) is 4.67. The summed E-state index contributed by atoms with van der Waals surface area (Å²) in [5.41, 5.74) is 2.71. The first-order valence-corrected chi connectivity index (χ1v) is 7.84. The zero-order valence-electron chi connectivity index (χ0n) is 14.4. The van der Waals surface area contributed by atoms with E-state index in [1.165, 1.54) is 0 Å². The molecule has 0 saturated carbocycles. The van der Waals surface area contributed by atoms with Crippen molar-refractivity contribution in [3.8, 4) is 5.75 Å². The maximum Gasteiger partial charge on any atom is 0.335 e. The van der Waals surface area contributed by atoms with Crippen LogP contribution >= 0.6 is 0 Å². The lowest BCUT2D eigenvalue weighted by Crippen LogP contribution is -2.16. The second-order valence-corrected chi connectivity index (χ2v) is 6.03. The van der Waals surface area contributed by atoms with E-state index in [9.17, 15) is 4.79 Å². The molecule has 0 fully saturated rings. The van der Waals surface area contributed by atoms with Gasteiger partial charge in [-0.1, -0.05) is 6.07 Å². The Bertz CT molecular complexity index is 918. The molecule has 0 aliphatic carbocycles. The quantitative estimate of drug-likeness (QED) is 0.741. The monoisotopic (exact) mass is 340 g/mol. The van der Waals surface area contributed by atoms with Gasteiger partial charge in [-0.3, -0.25) is 0 Å². The lowest BCUT2D eigenvalue weighted by molar-refractivity contribution is 0.0696. The third kappa shape index (κ3) is 3.46. The number of rotatable bonds is 6. The van der Waals surface area contributed by atoms with Gasteiger partial charge in [0.1, 0.15) is 11.6 Å². The predicted molar refractivity (Wildman–Crippen MR) is 94.0 cm³/mol. The highest BCUT2D eigenvalue weighted by Gasteiger charge is 2.15. The summed E-state index contributed by atoms with van der Waals surface area (Å²) in [6.45, 7) is 1.19. The minimum atomic E-state index is -0.976. The summed E-state index contributed by atoms with van der Waals surface area (Å²) in [6, 6.07) is 8.77. The van der Waals surface area contributed by atoms with Gasteiger partial charge in [-0.2, -0.15) is 0 Å². The lowest BCUT2D eigenvalue weighted by Gasteiger charge is -2.15. The normalized spacial score (nSPS) is 11.2. The summed E-state index contributed by atoms with van der Waals surface area (Å²) in [4.78, 5) is 22.2. The molecule has 0 spiro atoms. The van der Waals surface area contributed by atoms with Gasteiger partial charge in [0.05, 0.1) is 31.3 Å². The average molecular weight is 340 g/mol. The number of imidazole rings is 1. The summed E-state index contributed by atoms with van der Waals surface area (Å²) < 4.78 is 7.48. The molecule has 0 unspecified atom stereocenters. The fourth-order valence-electron chi connectivity index (χ4n) is 2.77. The van der Waals surface area contributed by atoms with Crippen molar-refractivity contribution in [3.05, 3.63) is 53.5 Å². The Morgan fingerprint density at radius 1 is 1.32 bits per heavy atom. The number of nitrogens with zero attached hydrogens (tertiary/aromatic N) is 4. The van der Waals surface area contributed by atoms with E-state index >= 15 is 0 Å². The number of fused-ring (bicyclic) bond motifs is 1. The summed E-state index contributed by atoms with van der Waals surface area (Å²) in [6.07, 6.45) is 1.72. The molecule has 7 heteroatoms. The maximum absolute atomic E-state index is 11.2. The van der Waals surface area contributed by atoms with Gasteiger partial charge in [0.25, 0.3) is 0 Å². The van der Waals surface area contributed by atoms with Crippen LogP contribution in [0.25, 0.3) is 11.2 Å². The van der Waals surface area contributed by atoms with Gasteiger partial charge in [-0.05, 0) is 38.4 Å². The van der Waals surface area contributed by atoms with Gasteiger partial charge in [-0.25, -0.2) is 14.8 Å². The molecule has 3 aromatic rings. The summed E-state index contributed by atoms with van der Waals surface area (Å²) >= 11 is 0. The molecule has 0 saturated heterocycles. The molecule has 7 nitrogen and oxygen atoms in total. The number of carbonyl (C=O) groups is 1. The number of pyridine rings is 1. The van der Waals surface area contributed by atoms with E-state index in [2.05, 4.69) is 14.5 Å². The smallest absolute Gasteiger partial charge is 0.335 e. The molecule has 0 atom stereocenters. The van der Waals surface area contributed by atoms with Crippen LogP contribution in [0.5, 0.6) is 5.75 Å². The molecular formula is C18H20N4O3. The number of carboxylic acid groups (broad SMARTS) is 1. The second kappa shape index (κ2) is 6.90. The standard InChI is InChI=1S/C18H20N4O3/c1-21(2)11-16-20-17-14(5-4-8-19-17)22(16)10-13-7-6-12(18(23)24)9-15(13)25-3/h4-9H,10-11H2,1-3H3,(H,23,24). The van der Waals surface area contributed by atoms with E-state index in [1.807, 2.05) is 31.1 Å². The highest BCUT2D eigenvalue weighted by atomic mass is 16.5. The first kappa shape index (κ1) is 16.9. The first-order valence-electron chi connectivity index (χ1n) is 7.84. The molecule has 130 valence electrons. The van der Waals surface area contributed by atoms with Crippen molar-refractivity contribution in [1.82, 2.24) is 19.4 Å². The van der Waals surface area contributed by atoms with Gasteiger partial charge >= 0.3 is 5.97 Å². The number of hydrogen-bond acceptors (Lipinski definition) is 5. The fourth-order valence-corrected chi connectivity index (χ4v) is 2.77. The Hall–Kier alpha value is -2.93. The number of methoxy groups -OCH3 is 1. The first-order chi connectivity index (χ1) is 12.0. The van der Waals surface area contributed by atoms with Gasteiger partial charge in [0.2, 0.25) is 0 Å². The predicted octanol–water partition coefficient (Wildman–Crippen LogP) is 2.25. The minimum Gasteiger partial charge on any atom is -0.496 e. The van der Waals surface area contributed by atoms with E-state index in [1.54, 1.807) is 31.5 Å². The molecule has 2 aromatic heterocycles. The van der Waals surface area contributed by atoms with E-state index < -0.39 is 5.97 Å². The summed E-state index contributed by atoms with van der Waals surface area (Å²) in [7, 11) is 5.51. The minimum absolute atomic E-state index is 0.200. The van der Waals surface area contributed by atoms with Gasteiger partial charge < -0.3 is 19.3 Å². The Labute approximate surface area is 145 Å². The molecule has 1 aromatic carbocycles. The molecule has 0 aliphatic heterocycles. The summed E-state index contributed by atoms with van der Waals surface area (Å²) in [5.74, 6) is 0.458. The second-order valence-electron chi connectivity index (χ2n) is 6.03. The molecule has 1 N–H and O–H groups in total. The van der Waals surface area contributed by atoms with Crippen LogP contribution in [0.1, 0.15) is 21.7 Å². The number of aromatic carboxylic acids is 1. The zero-order chi connectivity index (χ0) is 18.0. The van der Waals surface area contributed by atoms with E-state index in [0.717, 1.165) is 16.9 Å². The highest BCUT2D eigenvalue weighted by molar-refractivity contribution is 5.88. The van der Waals surface area contributed by atoms with E-state index in [-0.39, 0.29) is 5.56 Å². The van der Waals surface area contributed by atoms with Crippen LogP contribution in [0.4, 0.5) is 0 Å². The van der Waals surface area contributed by atoms with E-state index in [0.29, 0.717) is 24.5 Å². The molecule has 3 rings (SSSR count). The van der Waals surface area contributed by atoms with Gasteiger partial charge in [0, 0.05) is 11.8 Å². The van der Waals surface area contributed by atoms with Gasteiger partial charge in [-0.15, -0.1) is 0 Å². The lowest BCUT2D eigenvalue weighted by atomic mass is 10.1. The van der Waals surface area contributed by atoms with Crippen LogP contribution in [0.2, 0.25) is 0 Å².